The summed E-state index contributed by atoms with van der Waals surface area (Å²) in [6, 6.07) is 3.59. The van der Waals surface area contributed by atoms with Crippen LogP contribution in [0.1, 0.15) is 18.2 Å². The second kappa shape index (κ2) is 7.21. The number of fused-ring (bicyclic) bond motifs is 1. The first-order chi connectivity index (χ1) is 11.2. The lowest BCUT2D eigenvalue weighted by Gasteiger charge is -2.22. The van der Waals surface area contributed by atoms with E-state index in [0.717, 1.165) is 29.8 Å². The number of halogens is 1. The molecule has 6 nitrogen and oxygen atoms in total. The molecule has 1 unspecified atom stereocenters. The maximum Gasteiger partial charge on any atom is 0.222 e. The zero-order valence-electron chi connectivity index (χ0n) is 13.2. The van der Waals surface area contributed by atoms with Crippen molar-refractivity contribution in [1.29, 1.82) is 0 Å². The van der Waals surface area contributed by atoms with Crippen molar-refractivity contribution < 1.29 is 9.47 Å². The Bertz CT molecular complexity index is 679. The minimum Gasteiger partial charge on any atom is -0.472 e. The lowest BCUT2D eigenvalue weighted by atomic mass is 10.1. The van der Waals surface area contributed by atoms with Gasteiger partial charge in [-0.05, 0) is 19.1 Å². The lowest BCUT2D eigenvalue weighted by molar-refractivity contribution is 0.0879. The highest BCUT2D eigenvalue weighted by atomic mass is 35.5. The van der Waals surface area contributed by atoms with E-state index in [9.17, 15) is 0 Å². The molecule has 2 aromatic heterocycles. The summed E-state index contributed by atoms with van der Waals surface area (Å²) in [5.41, 5.74) is 2.85. The molecule has 3 rings (SSSR count). The molecule has 0 aliphatic carbocycles. The number of pyridine rings is 1. The van der Waals surface area contributed by atoms with Gasteiger partial charge in [0.2, 0.25) is 5.88 Å². The van der Waals surface area contributed by atoms with Gasteiger partial charge in [-0.25, -0.2) is 9.97 Å². The smallest absolute Gasteiger partial charge is 0.222 e. The van der Waals surface area contributed by atoms with Gasteiger partial charge in [-0.2, -0.15) is 4.98 Å². The average molecular weight is 335 g/mol. The summed E-state index contributed by atoms with van der Waals surface area (Å²) in [5.74, 6) is 1.21. The maximum atomic E-state index is 5.98. The summed E-state index contributed by atoms with van der Waals surface area (Å²) >= 11 is 5.85. The summed E-state index contributed by atoms with van der Waals surface area (Å²) in [6.45, 7) is 4.07. The van der Waals surface area contributed by atoms with Gasteiger partial charge in [0.25, 0.3) is 0 Å². The summed E-state index contributed by atoms with van der Waals surface area (Å²) in [7, 11) is 1.65. The topological polar surface area (TPSA) is 69.2 Å². The minimum atomic E-state index is -0.0860. The predicted molar refractivity (Wildman–Crippen MR) is 87.6 cm³/mol. The van der Waals surface area contributed by atoms with Crippen LogP contribution in [0.5, 0.6) is 5.88 Å². The van der Waals surface area contributed by atoms with Gasteiger partial charge in [0.05, 0.1) is 12.3 Å². The molecule has 2 aromatic rings. The van der Waals surface area contributed by atoms with Crippen LogP contribution >= 0.6 is 11.6 Å². The molecule has 3 heterocycles. The van der Waals surface area contributed by atoms with E-state index in [2.05, 4.69) is 20.3 Å². The molecule has 0 bridgehead atoms. The second-order valence-corrected chi connectivity index (χ2v) is 5.85. The zero-order chi connectivity index (χ0) is 16.2. The van der Waals surface area contributed by atoms with Crippen LogP contribution in [-0.4, -0.2) is 41.3 Å². The molecule has 1 aliphatic rings. The number of nitrogens with zero attached hydrogens (tertiary/aromatic N) is 3. The van der Waals surface area contributed by atoms with E-state index in [-0.39, 0.29) is 6.10 Å². The van der Waals surface area contributed by atoms with E-state index in [1.165, 1.54) is 0 Å². The van der Waals surface area contributed by atoms with Gasteiger partial charge in [-0.15, -0.1) is 0 Å². The van der Waals surface area contributed by atoms with E-state index < -0.39 is 0 Å². The van der Waals surface area contributed by atoms with Crippen molar-refractivity contribution in [2.24, 2.45) is 0 Å². The number of methoxy groups -OCH3 is 1. The summed E-state index contributed by atoms with van der Waals surface area (Å²) in [4.78, 5) is 13.4. The van der Waals surface area contributed by atoms with E-state index in [1.807, 2.05) is 13.0 Å². The SMILES string of the molecule is COCC(C)Oc1nc(-c2ccc(Cl)nc2)nc2c1CNCC2. The van der Waals surface area contributed by atoms with Crippen LogP contribution in [0.25, 0.3) is 11.4 Å². The van der Waals surface area contributed by atoms with Crippen molar-refractivity contribution in [3.05, 3.63) is 34.7 Å². The second-order valence-electron chi connectivity index (χ2n) is 5.46. The number of hydrogen-bond donors (Lipinski definition) is 1. The molecule has 0 spiro atoms. The third kappa shape index (κ3) is 3.77. The van der Waals surface area contributed by atoms with Crippen LogP contribution in [0.4, 0.5) is 0 Å². The van der Waals surface area contributed by atoms with E-state index in [4.69, 9.17) is 21.1 Å². The van der Waals surface area contributed by atoms with Crippen LogP contribution in [0.15, 0.2) is 18.3 Å². The lowest BCUT2D eigenvalue weighted by Crippen LogP contribution is -2.28. The quantitative estimate of drug-likeness (QED) is 0.846. The molecular weight excluding hydrogens is 316 g/mol. The largest absolute Gasteiger partial charge is 0.472 e. The third-order valence-corrected chi connectivity index (χ3v) is 3.82. The molecule has 1 atom stereocenters. The highest BCUT2D eigenvalue weighted by Gasteiger charge is 2.20. The molecule has 1 N–H and O–H groups in total. The first-order valence-electron chi connectivity index (χ1n) is 7.55. The van der Waals surface area contributed by atoms with Crippen LogP contribution in [-0.2, 0) is 17.7 Å². The van der Waals surface area contributed by atoms with Gasteiger partial charge in [-0.1, -0.05) is 11.6 Å². The van der Waals surface area contributed by atoms with Gasteiger partial charge >= 0.3 is 0 Å². The number of rotatable bonds is 5. The third-order valence-electron chi connectivity index (χ3n) is 3.59. The van der Waals surface area contributed by atoms with Crippen molar-refractivity contribution in [2.45, 2.75) is 26.0 Å². The molecule has 122 valence electrons. The first kappa shape index (κ1) is 16.1. The van der Waals surface area contributed by atoms with Crippen molar-refractivity contribution in [3.63, 3.8) is 0 Å². The molecule has 1 aliphatic heterocycles. The Labute approximate surface area is 140 Å². The van der Waals surface area contributed by atoms with E-state index in [1.54, 1.807) is 19.4 Å². The van der Waals surface area contributed by atoms with Crippen molar-refractivity contribution in [1.82, 2.24) is 20.3 Å². The van der Waals surface area contributed by atoms with Crippen LogP contribution in [0.2, 0.25) is 5.15 Å². The number of nitrogens with one attached hydrogen (secondary N) is 1. The van der Waals surface area contributed by atoms with Crippen LogP contribution in [0, 0.1) is 0 Å². The van der Waals surface area contributed by atoms with E-state index in [0.29, 0.717) is 30.0 Å². The Morgan fingerprint density at radius 1 is 1.35 bits per heavy atom. The van der Waals surface area contributed by atoms with Gasteiger partial charge < -0.3 is 14.8 Å². The molecule has 0 amide bonds. The first-order valence-corrected chi connectivity index (χ1v) is 7.93. The minimum absolute atomic E-state index is 0.0860. The Balaban J connectivity index is 1.99. The summed E-state index contributed by atoms with van der Waals surface area (Å²) < 4.78 is 11.1. The normalized spacial score (nSPS) is 15.1. The van der Waals surface area contributed by atoms with Gasteiger partial charge in [0.1, 0.15) is 11.3 Å². The number of ether oxygens (including phenoxy) is 2. The van der Waals surface area contributed by atoms with Crippen LogP contribution < -0.4 is 10.1 Å². The molecule has 0 saturated carbocycles. The average Bonchev–Trinajstić information content (AvgIpc) is 2.55. The molecule has 0 saturated heterocycles. The highest BCUT2D eigenvalue weighted by molar-refractivity contribution is 6.29. The molecule has 7 heteroatoms. The Kier molecular flexibility index (Phi) is 5.05. The molecule has 0 radical (unpaired) electrons. The van der Waals surface area contributed by atoms with Gasteiger partial charge in [-0.3, -0.25) is 0 Å². The van der Waals surface area contributed by atoms with Gasteiger partial charge in [0, 0.05) is 43.9 Å². The highest BCUT2D eigenvalue weighted by Crippen LogP contribution is 2.27. The van der Waals surface area contributed by atoms with Crippen molar-refractivity contribution in [3.8, 4) is 17.3 Å². The summed E-state index contributed by atoms with van der Waals surface area (Å²) in [6.07, 6.45) is 2.44. The molecule has 0 aromatic carbocycles. The molecular formula is C16H19ClN4O2. The Hall–Kier alpha value is -1.76. The molecule has 23 heavy (non-hydrogen) atoms. The molecule has 0 fully saturated rings. The fourth-order valence-corrected chi connectivity index (χ4v) is 2.62. The van der Waals surface area contributed by atoms with E-state index >= 15 is 0 Å². The van der Waals surface area contributed by atoms with Crippen LogP contribution in [0.3, 0.4) is 0 Å². The monoisotopic (exact) mass is 334 g/mol. The summed E-state index contributed by atoms with van der Waals surface area (Å²) in [5, 5.41) is 3.78. The number of aromatic nitrogens is 3. The fourth-order valence-electron chi connectivity index (χ4n) is 2.51. The Morgan fingerprint density at radius 3 is 2.96 bits per heavy atom. The van der Waals surface area contributed by atoms with Crippen molar-refractivity contribution >= 4 is 11.6 Å². The Morgan fingerprint density at radius 2 is 2.22 bits per heavy atom. The maximum absolute atomic E-state index is 5.98. The number of hydrogen-bond acceptors (Lipinski definition) is 6. The van der Waals surface area contributed by atoms with Gasteiger partial charge in [0.15, 0.2) is 5.82 Å². The van der Waals surface area contributed by atoms with Crippen molar-refractivity contribution in [2.75, 3.05) is 20.3 Å². The fraction of sp³-hybridized carbons (Fsp3) is 0.438. The predicted octanol–water partition coefficient (Wildman–Crippen LogP) is 2.25. The zero-order valence-corrected chi connectivity index (χ0v) is 13.9. The standard InChI is InChI=1S/C16H19ClN4O2/c1-10(9-22-2)23-16-12-8-18-6-5-13(12)20-15(21-16)11-3-4-14(17)19-7-11/h3-4,7,10,18H,5-6,8-9H2,1-2H3.